The van der Waals surface area contributed by atoms with Crippen molar-refractivity contribution in [3.63, 3.8) is 0 Å². The van der Waals surface area contributed by atoms with Crippen LogP contribution in [0.4, 0.5) is 0 Å². The Morgan fingerprint density at radius 3 is 2.77 bits per heavy atom. The van der Waals surface area contributed by atoms with Crippen LogP contribution in [0.2, 0.25) is 0 Å². The summed E-state index contributed by atoms with van der Waals surface area (Å²) in [7, 11) is 0. The second-order valence-electron chi connectivity index (χ2n) is 2.65. The van der Waals surface area contributed by atoms with E-state index in [0.717, 1.165) is 0 Å². The molecule has 1 aromatic heterocycles. The maximum absolute atomic E-state index is 11.0. The van der Waals surface area contributed by atoms with Crippen LogP contribution in [-0.2, 0) is 16.1 Å². The first-order valence-corrected chi connectivity index (χ1v) is 3.82. The summed E-state index contributed by atoms with van der Waals surface area (Å²) in [6.45, 7) is 2.97. The first-order chi connectivity index (χ1) is 6.08. The molecule has 0 bridgehead atoms. The van der Waals surface area contributed by atoms with Crippen LogP contribution < -0.4 is 5.43 Å². The lowest BCUT2D eigenvalue weighted by molar-refractivity contribution is -0.142. The van der Waals surface area contributed by atoms with Crippen LogP contribution >= 0.6 is 0 Å². The van der Waals surface area contributed by atoms with Gasteiger partial charge in [0, 0.05) is 19.1 Å². The van der Waals surface area contributed by atoms with E-state index >= 15 is 0 Å². The van der Waals surface area contributed by atoms with Crippen molar-refractivity contribution in [3.05, 3.63) is 33.9 Å². The van der Waals surface area contributed by atoms with Gasteiger partial charge in [-0.25, -0.2) is 0 Å². The molecule has 4 nitrogen and oxygen atoms in total. The minimum atomic E-state index is -0.399. The van der Waals surface area contributed by atoms with Crippen molar-refractivity contribution in [2.24, 2.45) is 0 Å². The number of carbonyl (C=O) groups excluding carboxylic acids is 1. The third kappa shape index (κ3) is 3.11. The second-order valence-corrected chi connectivity index (χ2v) is 2.65. The number of aryl methyl sites for hydroxylation is 1. The Balaban J connectivity index is 2.77. The third-order valence-corrected chi connectivity index (χ3v) is 1.36. The molecule has 1 rings (SSSR count). The quantitative estimate of drug-likeness (QED) is 0.640. The van der Waals surface area contributed by atoms with Crippen molar-refractivity contribution in [1.82, 2.24) is 0 Å². The number of esters is 1. The van der Waals surface area contributed by atoms with E-state index in [1.807, 2.05) is 0 Å². The predicted octanol–water partition coefficient (Wildman–Crippen LogP) is 1.01. The third-order valence-electron chi connectivity index (χ3n) is 1.36. The number of rotatable bonds is 2. The highest BCUT2D eigenvalue weighted by Crippen LogP contribution is 2.01. The Morgan fingerprint density at radius 2 is 2.23 bits per heavy atom. The van der Waals surface area contributed by atoms with Gasteiger partial charge < -0.3 is 9.15 Å². The molecule has 0 atom stereocenters. The van der Waals surface area contributed by atoms with Crippen molar-refractivity contribution in [2.45, 2.75) is 20.5 Å². The van der Waals surface area contributed by atoms with Crippen LogP contribution in [0.3, 0.4) is 0 Å². The second kappa shape index (κ2) is 3.89. The highest BCUT2D eigenvalue weighted by atomic mass is 16.5. The van der Waals surface area contributed by atoms with Gasteiger partial charge in [-0.05, 0) is 6.92 Å². The summed E-state index contributed by atoms with van der Waals surface area (Å²) in [6.07, 6.45) is 0. The zero-order chi connectivity index (χ0) is 9.84. The fourth-order valence-corrected chi connectivity index (χ4v) is 0.910. The van der Waals surface area contributed by atoms with Gasteiger partial charge in [-0.2, -0.15) is 0 Å². The summed E-state index contributed by atoms with van der Waals surface area (Å²) < 4.78 is 9.80. The van der Waals surface area contributed by atoms with Crippen LogP contribution in [0.25, 0.3) is 0 Å². The van der Waals surface area contributed by atoms with E-state index in [2.05, 4.69) is 4.74 Å². The Morgan fingerprint density at radius 1 is 1.54 bits per heavy atom. The summed E-state index contributed by atoms with van der Waals surface area (Å²) in [5, 5.41) is 0. The van der Waals surface area contributed by atoms with Crippen LogP contribution in [0.15, 0.2) is 21.3 Å². The SMILES string of the molecule is CC(=O)OCc1cc(=O)cc(C)o1. The summed E-state index contributed by atoms with van der Waals surface area (Å²) >= 11 is 0. The molecule has 0 N–H and O–H groups in total. The Kier molecular flexibility index (Phi) is 2.84. The zero-order valence-corrected chi connectivity index (χ0v) is 7.49. The average molecular weight is 182 g/mol. The van der Waals surface area contributed by atoms with Gasteiger partial charge in [0.1, 0.15) is 18.1 Å². The van der Waals surface area contributed by atoms with Crippen molar-refractivity contribution in [3.8, 4) is 0 Å². The highest BCUT2D eigenvalue weighted by molar-refractivity contribution is 5.65. The van der Waals surface area contributed by atoms with Gasteiger partial charge in [-0.3, -0.25) is 9.59 Å². The minimum Gasteiger partial charge on any atom is -0.462 e. The van der Waals surface area contributed by atoms with Crippen LogP contribution in [0.5, 0.6) is 0 Å². The molecule has 70 valence electrons. The van der Waals surface area contributed by atoms with Crippen LogP contribution in [0.1, 0.15) is 18.4 Å². The van der Waals surface area contributed by atoms with Gasteiger partial charge in [0.15, 0.2) is 5.43 Å². The minimum absolute atomic E-state index is 0.00620. The van der Waals surface area contributed by atoms with Gasteiger partial charge in [0.05, 0.1) is 0 Å². The van der Waals surface area contributed by atoms with Crippen molar-refractivity contribution >= 4 is 5.97 Å². The van der Waals surface area contributed by atoms with Crippen LogP contribution in [0, 0.1) is 6.92 Å². The van der Waals surface area contributed by atoms with Gasteiger partial charge in [0.2, 0.25) is 0 Å². The van der Waals surface area contributed by atoms with E-state index in [1.165, 1.54) is 19.1 Å². The van der Waals surface area contributed by atoms with E-state index in [1.54, 1.807) is 6.92 Å². The lowest BCUT2D eigenvalue weighted by atomic mass is 10.3. The zero-order valence-electron chi connectivity index (χ0n) is 7.49. The molecule has 0 aromatic carbocycles. The van der Waals surface area contributed by atoms with Gasteiger partial charge >= 0.3 is 5.97 Å². The molecule has 0 saturated heterocycles. The molecule has 1 aromatic rings. The fourth-order valence-electron chi connectivity index (χ4n) is 0.910. The molecular formula is C9H10O4. The molecule has 0 fully saturated rings. The Labute approximate surface area is 75.1 Å². The normalized spacial score (nSPS) is 9.69. The molecule has 0 saturated carbocycles. The van der Waals surface area contributed by atoms with E-state index in [-0.39, 0.29) is 12.0 Å². The monoisotopic (exact) mass is 182 g/mol. The first kappa shape index (κ1) is 9.51. The van der Waals surface area contributed by atoms with E-state index in [9.17, 15) is 9.59 Å². The topological polar surface area (TPSA) is 56.5 Å². The van der Waals surface area contributed by atoms with E-state index < -0.39 is 5.97 Å². The fraction of sp³-hybridized carbons (Fsp3) is 0.333. The maximum atomic E-state index is 11.0. The largest absolute Gasteiger partial charge is 0.462 e. The molecular weight excluding hydrogens is 172 g/mol. The number of carbonyl (C=O) groups is 1. The molecule has 0 aliphatic rings. The molecule has 0 aliphatic carbocycles. The van der Waals surface area contributed by atoms with E-state index in [4.69, 9.17) is 4.42 Å². The molecule has 4 heteroatoms. The van der Waals surface area contributed by atoms with E-state index in [0.29, 0.717) is 11.5 Å². The lowest BCUT2D eigenvalue weighted by Crippen LogP contribution is -2.04. The summed E-state index contributed by atoms with van der Waals surface area (Å²) in [5.74, 6) is 0.471. The molecule has 13 heavy (non-hydrogen) atoms. The van der Waals surface area contributed by atoms with Crippen molar-refractivity contribution in [2.75, 3.05) is 0 Å². The molecule has 0 spiro atoms. The number of ether oxygens (including phenoxy) is 1. The Hall–Kier alpha value is -1.58. The summed E-state index contributed by atoms with van der Waals surface area (Å²) in [4.78, 5) is 21.4. The summed E-state index contributed by atoms with van der Waals surface area (Å²) in [6, 6.07) is 2.67. The standard InChI is InChI=1S/C9H10O4/c1-6-3-8(11)4-9(13-6)5-12-7(2)10/h3-4H,5H2,1-2H3. The Bertz CT molecular complexity index is 364. The number of hydrogen-bond acceptors (Lipinski definition) is 4. The van der Waals surface area contributed by atoms with Crippen molar-refractivity contribution < 1.29 is 13.9 Å². The molecule has 0 unspecified atom stereocenters. The van der Waals surface area contributed by atoms with Gasteiger partial charge in [0.25, 0.3) is 0 Å². The van der Waals surface area contributed by atoms with Crippen LogP contribution in [-0.4, -0.2) is 5.97 Å². The van der Waals surface area contributed by atoms with Crippen molar-refractivity contribution in [1.29, 1.82) is 0 Å². The first-order valence-electron chi connectivity index (χ1n) is 3.82. The lowest BCUT2D eigenvalue weighted by Gasteiger charge is -2.01. The molecule has 1 heterocycles. The van der Waals surface area contributed by atoms with Gasteiger partial charge in [-0.15, -0.1) is 0 Å². The number of hydrogen-bond donors (Lipinski definition) is 0. The molecule has 0 radical (unpaired) electrons. The molecule has 0 aliphatic heterocycles. The highest BCUT2D eigenvalue weighted by Gasteiger charge is 2.00. The predicted molar refractivity (Wildman–Crippen MR) is 45.2 cm³/mol. The summed E-state index contributed by atoms with van der Waals surface area (Å²) in [5.41, 5.74) is -0.147. The average Bonchev–Trinajstić information content (AvgIpc) is 1.99. The van der Waals surface area contributed by atoms with Gasteiger partial charge in [-0.1, -0.05) is 0 Å². The maximum Gasteiger partial charge on any atom is 0.303 e. The molecule has 0 amide bonds. The smallest absolute Gasteiger partial charge is 0.303 e.